The van der Waals surface area contributed by atoms with Gasteiger partial charge in [-0.15, -0.1) is 0 Å². The van der Waals surface area contributed by atoms with Crippen molar-refractivity contribution in [3.8, 4) is 0 Å². The van der Waals surface area contributed by atoms with Crippen LogP contribution in [0.5, 0.6) is 0 Å². The zero-order valence-corrected chi connectivity index (χ0v) is 42.7. The number of ether oxygens (including phenoxy) is 5. The quantitative estimate of drug-likeness (QED) is 0.126. The summed E-state index contributed by atoms with van der Waals surface area (Å²) in [4.78, 5) is 58.6. The number of fused-ring (bicyclic) bond motifs is 14. The molecule has 10 bridgehead atoms. The van der Waals surface area contributed by atoms with Crippen molar-refractivity contribution in [3.63, 3.8) is 0 Å². The van der Waals surface area contributed by atoms with Crippen LogP contribution >= 0.6 is 0 Å². The first-order valence-corrected chi connectivity index (χ1v) is 26.7. The lowest BCUT2D eigenvalue weighted by Crippen LogP contribution is -2.61. The van der Waals surface area contributed by atoms with E-state index in [9.17, 15) is 29.1 Å². The van der Waals surface area contributed by atoms with Crippen molar-refractivity contribution in [3.05, 3.63) is 0 Å². The fraction of sp³-hybridized carbons (Fsp3) is 0.918. The predicted molar refractivity (Wildman–Crippen MR) is 291 cm³/mol. The lowest BCUT2D eigenvalue weighted by atomic mass is 9.52. The molecule has 16 unspecified atom stereocenters. The molecule has 72 heavy (non-hydrogen) atoms. The van der Waals surface area contributed by atoms with Crippen molar-refractivity contribution < 1.29 is 52.8 Å². The summed E-state index contributed by atoms with van der Waals surface area (Å²) in [5, 5.41) is 10.6. The van der Waals surface area contributed by atoms with Crippen LogP contribution in [0.2, 0.25) is 0 Å². The van der Waals surface area contributed by atoms with Gasteiger partial charge < -0.3 is 28.8 Å². The van der Waals surface area contributed by atoms with E-state index in [4.69, 9.17) is 23.7 Å². The topological polar surface area (TPSA) is 152 Å². The molecule has 16 atom stereocenters. The lowest BCUT2D eigenvalue weighted by molar-refractivity contribution is -0.225. The van der Waals surface area contributed by atoms with Gasteiger partial charge in [0.05, 0.1) is 28.8 Å². The van der Waals surface area contributed by atoms with Crippen LogP contribution in [0, 0.1) is 88.3 Å². The summed E-state index contributed by atoms with van der Waals surface area (Å²) in [5.74, 6) is 7.41. The molecule has 0 aromatic heterocycles. The Kier molecular flexibility index (Phi) is 24.7. The molecule has 10 aliphatic carbocycles. The summed E-state index contributed by atoms with van der Waals surface area (Å²) in [6.07, 6.45) is 20.1. The van der Waals surface area contributed by atoms with E-state index in [0.717, 1.165) is 86.9 Å². The standard InChI is InChI=1S/C17H26O2.C16H24O4.C16H26O3.C6H12O2.6CH4/c1-3-9(2)17(18)19-14-8-12-7-13(14)16-11-5-4-10(6-11)15(12)16;1-3-9(2)15(17)19-8-13-12-7-14(20-16(13)18)11-6-4-5-10(11)12;1-4-14(2,3)13(17)19-16-8-11-5-12(9-16)7-15(18,6-11)10-16;1-5(7)8-6(2,3)4;;;;;;/h9-16H,3-8H2,1-2H3;9-14H,3-8H2,1-2H3;11-12,18H,4-10H2,1-3H3;1-4H3;6*1H4. The summed E-state index contributed by atoms with van der Waals surface area (Å²) in [6, 6.07) is 0. The summed E-state index contributed by atoms with van der Waals surface area (Å²) in [6.45, 7) is 21.0. The van der Waals surface area contributed by atoms with Gasteiger partial charge in [0.15, 0.2) is 0 Å². The van der Waals surface area contributed by atoms with Crippen LogP contribution in [0.3, 0.4) is 0 Å². The molecule has 10 saturated carbocycles. The Morgan fingerprint density at radius 1 is 0.694 bits per heavy atom. The smallest absolute Gasteiger partial charge is 0.312 e. The van der Waals surface area contributed by atoms with Gasteiger partial charge in [-0.05, 0) is 202 Å². The maximum atomic E-state index is 12.4. The first kappa shape index (κ1) is 67.3. The SMILES string of the molecule is C.C.C.C.C.C.CC(=O)OC(C)(C)C.CCC(C)(C)C(=O)OC12CC3CC(CC(O)(C3)C1)C2.CCC(C)C(=O)OC1CC2CC1C1C3CCC(C3)C21.CCC(C)C(=O)OCC1C(=O)OC2CC1C1CCCC21. The Morgan fingerprint density at radius 2 is 1.26 bits per heavy atom. The third kappa shape index (κ3) is 14.6. The van der Waals surface area contributed by atoms with Gasteiger partial charge in [-0.3, -0.25) is 24.0 Å². The molecule has 1 heterocycles. The highest BCUT2D eigenvalue weighted by atomic mass is 16.6. The highest BCUT2D eigenvalue weighted by Gasteiger charge is 2.64. The minimum atomic E-state index is -0.555. The zero-order valence-electron chi connectivity index (χ0n) is 42.7. The fourth-order valence-corrected chi connectivity index (χ4v) is 15.5. The van der Waals surface area contributed by atoms with Crippen molar-refractivity contribution in [1.82, 2.24) is 0 Å². The molecule has 1 N–H and O–H groups in total. The number of carbonyl (C=O) groups is 5. The monoisotopic (exact) mass is 1020 g/mol. The number of carbonyl (C=O) groups excluding carboxylic acids is 5. The molecule has 0 aromatic carbocycles. The molecular weight excluding hydrogens is 909 g/mol. The van der Waals surface area contributed by atoms with Crippen LogP contribution in [-0.4, -0.2) is 70.6 Å². The van der Waals surface area contributed by atoms with Gasteiger partial charge in [0.1, 0.15) is 30.0 Å². The van der Waals surface area contributed by atoms with Crippen molar-refractivity contribution in [2.45, 2.75) is 265 Å². The minimum absolute atomic E-state index is 0. The van der Waals surface area contributed by atoms with Crippen LogP contribution in [0.15, 0.2) is 0 Å². The van der Waals surface area contributed by atoms with Gasteiger partial charge in [-0.2, -0.15) is 0 Å². The number of esters is 5. The summed E-state index contributed by atoms with van der Waals surface area (Å²) < 4.78 is 27.6. The van der Waals surface area contributed by atoms with E-state index in [1.807, 2.05) is 62.3 Å². The Labute approximate surface area is 441 Å². The summed E-state index contributed by atoms with van der Waals surface area (Å²) >= 11 is 0. The van der Waals surface area contributed by atoms with Gasteiger partial charge >= 0.3 is 29.8 Å². The second-order valence-corrected chi connectivity index (χ2v) is 25.0. The van der Waals surface area contributed by atoms with E-state index < -0.39 is 11.0 Å². The molecule has 11 rings (SSSR count). The third-order valence-corrected chi connectivity index (χ3v) is 18.8. The molecule has 0 spiro atoms. The van der Waals surface area contributed by atoms with Gasteiger partial charge in [0.2, 0.25) is 0 Å². The molecule has 11 aliphatic rings. The molecule has 1 saturated heterocycles. The Morgan fingerprint density at radius 3 is 1.79 bits per heavy atom. The van der Waals surface area contributed by atoms with Gasteiger partial charge in [-0.1, -0.05) is 85.6 Å². The lowest BCUT2D eigenvalue weighted by Gasteiger charge is -2.59. The van der Waals surface area contributed by atoms with Crippen molar-refractivity contribution in [2.75, 3.05) is 6.61 Å². The second kappa shape index (κ2) is 26.4. The van der Waals surface area contributed by atoms with Crippen LogP contribution < -0.4 is 0 Å². The van der Waals surface area contributed by atoms with Crippen LogP contribution in [-0.2, 0) is 47.7 Å². The number of rotatable bonds is 10. The van der Waals surface area contributed by atoms with Gasteiger partial charge in [0, 0.05) is 13.3 Å². The van der Waals surface area contributed by atoms with Gasteiger partial charge in [-0.25, -0.2) is 0 Å². The molecule has 11 fully saturated rings. The number of hydrogen-bond donors (Lipinski definition) is 1. The molecule has 1 aliphatic heterocycles. The molecule has 422 valence electrons. The van der Waals surface area contributed by atoms with E-state index in [1.165, 1.54) is 64.7 Å². The fourth-order valence-electron chi connectivity index (χ4n) is 15.5. The number of aliphatic hydroxyl groups is 1. The van der Waals surface area contributed by atoms with Crippen molar-refractivity contribution in [2.24, 2.45) is 88.3 Å². The highest BCUT2D eigenvalue weighted by molar-refractivity contribution is 5.77. The Hall–Kier alpha value is -2.69. The van der Waals surface area contributed by atoms with E-state index in [2.05, 4.69) is 6.92 Å². The molecular formula is C61H112O11. The first-order chi connectivity index (χ1) is 31.0. The largest absolute Gasteiger partial charge is 0.465 e. The van der Waals surface area contributed by atoms with E-state index in [-0.39, 0.29) is 122 Å². The minimum Gasteiger partial charge on any atom is -0.465 e. The van der Waals surface area contributed by atoms with E-state index in [1.54, 1.807) is 0 Å². The molecule has 11 heteroatoms. The maximum absolute atomic E-state index is 12.4. The van der Waals surface area contributed by atoms with Crippen LogP contribution in [0.4, 0.5) is 0 Å². The average Bonchev–Trinajstić information content (AvgIpc) is 4.10. The molecule has 0 radical (unpaired) electrons. The maximum Gasteiger partial charge on any atom is 0.312 e. The van der Waals surface area contributed by atoms with Crippen LogP contribution in [0.25, 0.3) is 0 Å². The molecule has 11 nitrogen and oxygen atoms in total. The van der Waals surface area contributed by atoms with E-state index >= 15 is 0 Å². The number of hydrogen-bond acceptors (Lipinski definition) is 11. The van der Waals surface area contributed by atoms with E-state index in [0.29, 0.717) is 36.0 Å². The van der Waals surface area contributed by atoms with Crippen LogP contribution in [0.1, 0.15) is 236 Å². The Balaban J connectivity index is 0.000000484. The first-order valence-electron chi connectivity index (χ1n) is 26.7. The third-order valence-electron chi connectivity index (χ3n) is 18.8. The molecule has 0 aromatic rings. The zero-order chi connectivity index (χ0) is 48.1. The molecule has 0 amide bonds. The normalized spacial score (nSPS) is 37.6. The van der Waals surface area contributed by atoms with Crippen molar-refractivity contribution in [1.29, 1.82) is 0 Å². The summed E-state index contributed by atoms with van der Waals surface area (Å²) in [7, 11) is 0. The Bertz CT molecular complexity index is 1750. The van der Waals surface area contributed by atoms with Crippen molar-refractivity contribution >= 4 is 29.8 Å². The second-order valence-electron chi connectivity index (χ2n) is 25.0. The average molecular weight is 1020 g/mol. The summed E-state index contributed by atoms with van der Waals surface area (Å²) in [5.41, 5.74) is -1.65. The van der Waals surface area contributed by atoms with Gasteiger partial charge in [0.25, 0.3) is 0 Å². The predicted octanol–water partition coefficient (Wildman–Crippen LogP) is 14.4. The highest BCUT2D eigenvalue weighted by Crippen LogP contribution is 2.68.